The van der Waals surface area contributed by atoms with Crippen molar-refractivity contribution in [2.75, 3.05) is 18.5 Å². The Morgan fingerprint density at radius 1 is 0.903 bits per heavy atom. The first-order chi connectivity index (χ1) is 14.8. The predicted octanol–water partition coefficient (Wildman–Crippen LogP) is 5.84. The summed E-state index contributed by atoms with van der Waals surface area (Å²) in [6.45, 7) is 9.85. The number of carbonyl (C=O) groups is 1. The van der Waals surface area contributed by atoms with Crippen LogP contribution in [0.5, 0.6) is 11.5 Å². The highest BCUT2D eigenvalue weighted by atomic mass is 32.1. The van der Waals surface area contributed by atoms with E-state index in [-0.39, 0.29) is 16.4 Å². The van der Waals surface area contributed by atoms with Gasteiger partial charge in [-0.2, -0.15) is 0 Å². The van der Waals surface area contributed by atoms with Crippen LogP contribution in [-0.2, 0) is 10.2 Å². The Morgan fingerprint density at radius 3 is 2.00 bits per heavy atom. The first-order valence-electron chi connectivity index (χ1n) is 10.8. The molecule has 168 valence electrons. The van der Waals surface area contributed by atoms with Crippen LogP contribution in [0, 0.1) is 0 Å². The third-order valence-corrected chi connectivity index (χ3v) is 4.87. The van der Waals surface area contributed by atoms with Crippen LogP contribution in [0.25, 0.3) is 0 Å². The first-order valence-corrected chi connectivity index (χ1v) is 11.3. The van der Waals surface area contributed by atoms with Gasteiger partial charge in [-0.25, -0.2) is 0 Å². The second-order valence-corrected chi connectivity index (χ2v) is 8.86. The second kappa shape index (κ2) is 12.3. The number of hydrogen-bond donors (Lipinski definition) is 2. The SMILES string of the molecule is CCCCOc1ccc(NC(=S)NC(=O)CCCOc2ccc(C(C)(C)C)cc2)cc1. The molecule has 0 saturated carbocycles. The molecular weight excluding hydrogens is 408 g/mol. The van der Waals surface area contributed by atoms with Gasteiger partial charge in [-0.1, -0.05) is 46.2 Å². The molecule has 0 heterocycles. The Hall–Kier alpha value is -2.60. The van der Waals surface area contributed by atoms with E-state index in [9.17, 15) is 4.79 Å². The summed E-state index contributed by atoms with van der Waals surface area (Å²) >= 11 is 5.22. The molecule has 1 amide bonds. The van der Waals surface area contributed by atoms with Crippen LogP contribution in [0.2, 0.25) is 0 Å². The van der Waals surface area contributed by atoms with Gasteiger partial charge in [0.1, 0.15) is 11.5 Å². The second-order valence-electron chi connectivity index (χ2n) is 8.46. The van der Waals surface area contributed by atoms with Crippen LogP contribution < -0.4 is 20.1 Å². The minimum atomic E-state index is -0.135. The normalized spacial score (nSPS) is 11.0. The monoisotopic (exact) mass is 442 g/mol. The number of unbranched alkanes of at least 4 members (excludes halogenated alkanes) is 1. The van der Waals surface area contributed by atoms with Crippen molar-refractivity contribution in [1.29, 1.82) is 0 Å². The van der Waals surface area contributed by atoms with Gasteiger partial charge < -0.3 is 20.1 Å². The Kier molecular flexibility index (Phi) is 9.79. The average Bonchev–Trinajstić information content (AvgIpc) is 2.72. The molecule has 0 aliphatic carbocycles. The molecule has 0 atom stereocenters. The third kappa shape index (κ3) is 9.39. The zero-order chi connectivity index (χ0) is 22.7. The van der Waals surface area contributed by atoms with Gasteiger partial charge in [-0.3, -0.25) is 4.79 Å². The van der Waals surface area contributed by atoms with Crippen molar-refractivity contribution in [3.63, 3.8) is 0 Å². The van der Waals surface area contributed by atoms with Crippen molar-refractivity contribution in [2.24, 2.45) is 0 Å². The highest BCUT2D eigenvalue weighted by molar-refractivity contribution is 7.80. The summed E-state index contributed by atoms with van der Waals surface area (Å²) in [5.41, 5.74) is 2.18. The number of anilines is 1. The molecule has 6 heteroatoms. The Labute approximate surface area is 191 Å². The van der Waals surface area contributed by atoms with E-state index in [1.807, 2.05) is 36.4 Å². The number of hydrogen-bond acceptors (Lipinski definition) is 4. The summed E-state index contributed by atoms with van der Waals surface area (Å²) in [4.78, 5) is 12.1. The van der Waals surface area contributed by atoms with E-state index in [0.717, 1.165) is 30.0 Å². The van der Waals surface area contributed by atoms with Gasteiger partial charge in [0.15, 0.2) is 5.11 Å². The molecule has 31 heavy (non-hydrogen) atoms. The van der Waals surface area contributed by atoms with E-state index in [1.165, 1.54) is 5.56 Å². The van der Waals surface area contributed by atoms with Crippen LogP contribution >= 0.6 is 12.2 Å². The van der Waals surface area contributed by atoms with E-state index in [1.54, 1.807) is 0 Å². The van der Waals surface area contributed by atoms with Gasteiger partial charge in [0, 0.05) is 12.1 Å². The first kappa shape index (κ1) is 24.7. The standard InChI is InChI=1S/C25H34N2O3S/c1-5-6-17-29-22-15-11-20(12-16-22)26-24(31)27-23(28)8-7-18-30-21-13-9-19(10-14-21)25(2,3)4/h9-16H,5-8,17-18H2,1-4H3,(H2,26,27,28,31). The number of benzene rings is 2. The maximum atomic E-state index is 12.1. The molecule has 0 aromatic heterocycles. The summed E-state index contributed by atoms with van der Waals surface area (Å²) < 4.78 is 11.4. The van der Waals surface area contributed by atoms with Crippen molar-refractivity contribution in [3.05, 3.63) is 54.1 Å². The van der Waals surface area contributed by atoms with E-state index < -0.39 is 0 Å². The molecule has 0 saturated heterocycles. The lowest BCUT2D eigenvalue weighted by Crippen LogP contribution is -2.34. The molecule has 2 rings (SSSR count). The Bertz CT molecular complexity index is 827. The molecule has 0 spiro atoms. The molecule has 2 aromatic rings. The quantitative estimate of drug-likeness (QED) is 0.358. The topological polar surface area (TPSA) is 59.6 Å². The smallest absolute Gasteiger partial charge is 0.226 e. The van der Waals surface area contributed by atoms with Crippen molar-refractivity contribution in [3.8, 4) is 11.5 Å². The Balaban J connectivity index is 1.65. The molecular formula is C25H34N2O3S. The highest BCUT2D eigenvalue weighted by Crippen LogP contribution is 2.24. The number of carbonyl (C=O) groups excluding carboxylic acids is 1. The zero-order valence-corrected chi connectivity index (χ0v) is 19.8. The zero-order valence-electron chi connectivity index (χ0n) is 19.0. The molecule has 0 unspecified atom stereocenters. The lowest BCUT2D eigenvalue weighted by Gasteiger charge is -2.19. The molecule has 2 aromatic carbocycles. The molecule has 5 nitrogen and oxygen atoms in total. The molecule has 0 aliphatic rings. The fourth-order valence-corrected chi connectivity index (χ4v) is 3.03. The molecule has 0 bridgehead atoms. The highest BCUT2D eigenvalue weighted by Gasteiger charge is 2.13. The van der Waals surface area contributed by atoms with E-state index in [2.05, 4.69) is 50.5 Å². The van der Waals surface area contributed by atoms with Gasteiger partial charge >= 0.3 is 0 Å². The van der Waals surface area contributed by atoms with Crippen LogP contribution in [-0.4, -0.2) is 24.2 Å². The maximum absolute atomic E-state index is 12.1. The van der Waals surface area contributed by atoms with Gasteiger partial charge in [-0.05, 0) is 72.4 Å². The largest absolute Gasteiger partial charge is 0.494 e. The van der Waals surface area contributed by atoms with Crippen molar-refractivity contribution in [1.82, 2.24) is 5.32 Å². The average molecular weight is 443 g/mol. The maximum Gasteiger partial charge on any atom is 0.226 e. The van der Waals surface area contributed by atoms with Crippen LogP contribution in [0.4, 0.5) is 5.69 Å². The third-order valence-electron chi connectivity index (χ3n) is 4.67. The number of thiocarbonyl (C=S) groups is 1. The summed E-state index contributed by atoms with van der Waals surface area (Å²) in [6.07, 6.45) is 3.08. The van der Waals surface area contributed by atoms with E-state index in [0.29, 0.717) is 26.1 Å². The van der Waals surface area contributed by atoms with Crippen LogP contribution in [0.3, 0.4) is 0 Å². The summed E-state index contributed by atoms with van der Waals surface area (Å²) in [5.74, 6) is 1.50. The predicted molar refractivity (Wildman–Crippen MR) is 131 cm³/mol. The molecule has 0 fully saturated rings. The van der Waals surface area contributed by atoms with Crippen molar-refractivity contribution in [2.45, 2.75) is 58.8 Å². The van der Waals surface area contributed by atoms with Crippen molar-refractivity contribution >= 4 is 28.9 Å². The molecule has 0 aliphatic heterocycles. The number of nitrogens with one attached hydrogen (secondary N) is 2. The minimum absolute atomic E-state index is 0.119. The summed E-state index contributed by atoms with van der Waals surface area (Å²) in [5, 5.41) is 6.00. The number of rotatable bonds is 10. The van der Waals surface area contributed by atoms with Crippen LogP contribution in [0.1, 0.15) is 58.9 Å². The van der Waals surface area contributed by atoms with E-state index >= 15 is 0 Å². The van der Waals surface area contributed by atoms with E-state index in [4.69, 9.17) is 21.7 Å². The number of ether oxygens (including phenoxy) is 2. The van der Waals surface area contributed by atoms with Gasteiger partial charge in [0.25, 0.3) is 0 Å². The Morgan fingerprint density at radius 2 is 1.45 bits per heavy atom. The summed E-state index contributed by atoms with van der Waals surface area (Å²) in [7, 11) is 0. The van der Waals surface area contributed by atoms with Gasteiger partial charge in [0.05, 0.1) is 13.2 Å². The molecule has 2 N–H and O–H groups in total. The van der Waals surface area contributed by atoms with Gasteiger partial charge in [-0.15, -0.1) is 0 Å². The lowest BCUT2D eigenvalue weighted by atomic mass is 9.87. The molecule has 0 radical (unpaired) electrons. The number of amides is 1. The fraction of sp³-hybridized carbons (Fsp3) is 0.440. The van der Waals surface area contributed by atoms with Crippen LogP contribution in [0.15, 0.2) is 48.5 Å². The lowest BCUT2D eigenvalue weighted by molar-refractivity contribution is -0.119. The van der Waals surface area contributed by atoms with Crippen molar-refractivity contribution < 1.29 is 14.3 Å². The minimum Gasteiger partial charge on any atom is -0.494 e. The van der Waals surface area contributed by atoms with Gasteiger partial charge in [0.2, 0.25) is 5.91 Å². The fourth-order valence-electron chi connectivity index (χ4n) is 2.79. The summed E-state index contributed by atoms with van der Waals surface area (Å²) in [6, 6.07) is 15.6.